The fourth-order valence-electron chi connectivity index (χ4n) is 1.73. The Morgan fingerprint density at radius 1 is 1.35 bits per heavy atom. The standard InChI is InChI=1S/C15H16N2O3/c1-19-15(18)12-4-5-13(16)14(9-12)20-8-6-11-3-2-7-17-10-11/h2-5,7,9-10H,6,8,16H2,1H3. The number of anilines is 1. The van der Waals surface area contributed by atoms with Gasteiger partial charge in [0.05, 0.1) is 25.0 Å². The molecule has 20 heavy (non-hydrogen) atoms. The van der Waals surface area contributed by atoms with Crippen LogP contribution < -0.4 is 10.5 Å². The zero-order valence-electron chi connectivity index (χ0n) is 11.2. The zero-order valence-corrected chi connectivity index (χ0v) is 11.2. The number of nitrogens with two attached hydrogens (primary N) is 1. The van der Waals surface area contributed by atoms with Gasteiger partial charge in [0.2, 0.25) is 0 Å². The van der Waals surface area contributed by atoms with Gasteiger partial charge < -0.3 is 15.2 Å². The molecule has 1 aromatic heterocycles. The van der Waals surface area contributed by atoms with Crippen LogP contribution in [0.2, 0.25) is 0 Å². The van der Waals surface area contributed by atoms with Gasteiger partial charge in [-0.25, -0.2) is 4.79 Å². The highest BCUT2D eigenvalue weighted by atomic mass is 16.5. The van der Waals surface area contributed by atoms with Crippen molar-refractivity contribution in [3.63, 3.8) is 0 Å². The molecule has 0 aliphatic rings. The Morgan fingerprint density at radius 2 is 2.20 bits per heavy atom. The molecule has 1 aromatic carbocycles. The number of carbonyl (C=O) groups excluding carboxylic acids is 1. The molecule has 2 aromatic rings. The van der Waals surface area contributed by atoms with Crippen molar-refractivity contribution in [2.75, 3.05) is 19.5 Å². The summed E-state index contributed by atoms with van der Waals surface area (Å²) in [5.74, 6) is 0.0684. The SMILES string of the molecule is COC(=O)c1ccc(N)c(OCCc2cccnc2)c1. The molecule has 5 nitrogen and oxygen atoms in total. The highest BCUT2D eigenvalue weighted by Crippen LogP contribution is 2.23. The molecule has 0 fully saturated rings. The van der Waals surface area contributed by atoms with Crippen LogP contribution >= 0.6 is 0 Å². The third-order valence-corrected chi connectivity index (χ3v) is 2.81. The molecule has 5 heteroatoms. The van der Waals surface area contributed by atoms with Gasteiger partial charge in [0.25, 0.3) is 0 Å². The van der Waals surface area contributed by atoms with E-state index < -0.39 is 5.97 Å². The number of benzene rings is 1. The fraction of sp³-hybridized carbons (Fsp3) is 0.200. The van der Waals surface area contributed by atoms with Gasteiger partial charge in [-0.2, -0.15) is 0 Å². The molecule has 2 N–H and O–H groups in total. The minimum absolute atomic E-state index is 0.415. The van der Waals surface area contributed by atoms with Crippen LogP contribution in [0.15, 0.2) is 42.7 Å². The first-order chi connectivity index (χ1) is 9.70. The van der Waals surface area contributed by atoms with E-state index in [9.17, 15) is 4.79 Å². The van der Waals surface area contributed by atoms with Gasteiger partial charge >= 0.3 is 5.97 Å². The number of rotatable bonds is 5. The summed E-state index contributed by atoms with van der Waals surface area (Å²) in [4.78, 5) is 15.5. The number of hydrogen-bond acceptors (Lipinski definition) is 5. The molecule has 0 unspecified atom stereocenters. The van der Waals surface area contributed by atoms with Crippen LogP contribution in [0, 0.1) is 0 Å². The molecule has 0 saturated carbocycles. The highest BCUT2D eigenvalue weighted by molar-refractivity contribution is 5.90. The Hall–Kier alpha value is -2.56. The zero-order chi connectivity index (χ0) is 14.4. The maximum Gasteiger partial charge on any atom is 0.337 e. The Bertz CT molecular complexity index is 585. The minimum Gasteiger partial charge on any atom is -0.491 e. The lowest BCUT2D eigenvalue weighted by atomic mass is 10.2. The predicted molar refractivity (Wildman–Crippen MR) is 75.6 cm³/mol. The number of ether oxygens (including phenoxy) is 2. The molecule has 0 spiro atoms. The fourth-order valence-corrected chi connectivity index (χ4v) is 1.73. The van der Waals surface area contributed by atoms with Crippen molar-refractivity contribution in [3.05, 3.63) is 53.9 Å². The average molecular weight is 272 g/mol. The number of aromatic nitrogens is 1. The van der Waals surface area contributed by atoms with E-state index in [1.807, 2.05) is 12.1 Å². The molecule has 0 saturated heterocycles. The van der Waals surface area contributed by atoms with Crippen LogP contribution in [0.5, 0.6) is 5.75 Å². The van der Waals surface area contributed by atoms with Crippen molar-refractivity contribution < 1.29 is 14.3 Å². The normalized spacial score (nSPS) is 10.1. The van der Waals surface area contributed by atoms with Gasteiger partial charge in [0.1, 0.15) is 5.75 Å². The van der Waals surface area contributed by atoms with Crippen molar-refractivity contribution in [2.45, 2.75) is 6.42 Å². The summed E-state index contributed by atoms with van der Waals surface area (Å²) in [6.07, 6.45) is 4.23. The predicted octanol–water partition coefficient (Wildman–Crippen LogP) is 2.07. The lowest BCUT2D eigenvalue weighted by molar-refractivity contribution is 0.0600. The summed E-state index contributed by atoms with van der Waals surface area (Å²) < 4.78 is 10.3. The molecule has 0 radical (unpaired) electrons. The lowest BCUT2D eigenvalue weighted by Crippen LogP contribution is -2.06. The third-order valence-electron chi connectivity index (χ3n) is 2.81. The summed E-state index contributed by atoms with van der Waals surface area (Å²) in [5.41, 5.74) is 7.80. The molecular formula is C15H16N2O3. The van der Waals surface area contributed by atoms with E-state index in [1.54, 1.807) is 30.6 Å². The smallest absolute Gasteiger partial charge is 0.337 e. The number of nitrogen functional groups attached to an aromatic ring is 1. The van der Waals surface area contributed by atoms with E-state index in [1.165, 1.54) is 7.11 Å². The van der Waals surface area contributed by atoms with E-state index in [-0.39, 0.29) is 0 Å². The van der Waals surface area contributed by atoms with Gasteiger partial charge in [0.15, 0.2) is 0 Å². The Balaban J connectivity index is 2.00. The first-order valence-corrected chi connectivity index (χ1v) is 6.20. The maximum atomic E-state index is 11.4. The summed E-state index contributed by atoms with van der Waals surface area (Å²) in [7, 11) is 1.33. The second kappa shape index (κ2) is 6.56. The van der Waals surface area contributed by atoms with Gasteiger partial charge in [-0.05, 0) is 29.8 Å². The van der Waals surface area contributed by atoms with E-state index in [4.69, 9.17) is 10.5 Å². The average Bonchev–Trinajstić information content (AvgIpc) is 2.49. The van der Waals surface area contributed by atoms with Crippen molar-refractivity contribution in [1.82, 2.24) is 4.98 Å². The van der Waals surface area contributed by atoms with Gasteiger partial charge in [-0.3, -0.25) is 4.98 Å². The van der Waals surface area contributed by atoms with Crippen molar-refractivity contribution in [2.24, 2.45) is 0 Å². The topological polar surface area (TPSA) is 74.4 Å². The maximum absolute atomic E-state index is 11.4. The van der Waals surface area contributed by atoms with Gasteiger partial charge in [0, 0.05) is 18.8 Å². The second-order valence-electron chi connectivity index (χ2n) is 4.20. The van der Waals surface area contributed by atoms with Gasteiger partial charge in [-0.15, -0.1) is 0 Å². The van der Waals surface area contributed by atoms with Crippen LogP contribution in [-0.2, 0) is 11.2 Å². The Labute approximate surface area is 117 Å². The van der Waals surface area contributed by atoms with E-state index in [0.717, 1.165) is 12.0 Å². The number of esters is 1. The summed E-state index contributed by atoms with van der Waals surface area (Å²) in [6, 6.07) is 8.68. The minimum atomic E-state index is -0.415. The quantitative estimate of drug-likeness (QED) is 0.666. The molecule has 0 aliphatic heterocycles. The first-order valence-electron chi connectivity index (χ1n) is 6.20. The van der Waals surface area contributed by atoms with E-state index >= 15 is 0 Å². The van der Waals surface area contributed by atoms with Gasteiger partial charge in [-0.1, -0.05) is 6.07 Å². The first kappa shape index (κ1) is 13.9. The van der Waals surface area contributed by atoms with Crippen molar-refractivity contribution in [3.8, 4) is 5.75 Å². The Kier molecular flexibility index (Phi) is 4.55. The largest absolute Gasteiger partial charge is 0.491 e. The number of nitrogens with zero attached hydrogens (tertiary/aromatic N) is 1. The molecule has 0 bridgehead atoms. The van der Waals surface area contributed by atoms with E-state index in [2.05, 4.69) is 9.72 Å². The van der Waals surface area contributed by atoms with Crippen molar-refractivity contribution in [1.29, 1.82) is 0 Å². The van der Waals surface area contributed by atoms with Crippen LogP contribution in [0.25, 0.3) is 0 Å². The van der Waals surface area contributed by atoms with Crippen LogP contribution in [0.3, 0.4) is 0 Å². The summed E-state index contributed by atoms with van der Waals surface area (Å²) >= 11 is 0. The summed E-state index contributed by atoms with van der Waals surface area (Å²) in [5, 5.41) is 0. The molecule has 0 amide bonds. The second-order valence-corrected chi connectivity index (χ2v) is 4.20. The monoisotopic (exact) mass is 272 g/mol. The molecule has 0 atom stereocenters. The molecular weight excluding hydrogens is 256 g/mol. The summed E-state index contributed by atoms with van der Waals surface area (Å²) in [6.45, 7) is 0.459. The van der Waals surface area contributed by atoms with E-state index in [0.29, 0.717) is 23.6 Å². The van der Waals surface area contributed by atoms with Crippen molar-refractivity contribution >= 4 is 11.7 Å². The number of carbonyl (C=O) groups is 1. The molecule has 2 rings (SSSR count). The number of hydrogen-bond donors (Lipinski definition) is 1. The van der Waals surface area contributed by atoms with Crippen LogP contribution in [0.1, 0.15) is 15.9 Å². The molecule has 104 valence electrons. The third kappa shape index (κ3) is 3.47. The highest BCUT2D eigenvalue weighted by Gasteiger charge is 2.09. The lowest BCUT2D eigenvalue weighted by Gasteiger charge is -2.10. The molecule has 1 heterocycles. The number of pyridine rings is 1. The number of methoxy groups -OCH3 is 1. The van der Waals surface area contributed by atoms with Crippen LogP contribution in [0.4, 0.5) is 5.69 Å². The Morgan fingerprint density at radius 3 is 2.90 bits per heavy atom. The van der Waals surface area contributed by atoms with Crippen LogP contribution in [-0.4, -0.2) is 24.7 Å². The molecule has 0 aliphatic carbocycles.